The van der Waals surface area contributed by atoms with Gasteiger partial charge in [-0.2, -0.15) is 0 Å². The van der Waals surface area contributed by atoms with Crippen molar-refractivity contribution in [3.63, 3.8) is 0 Å². The van der Waals surface area contributed by atoms with Gasteiger partial charge in [0.05, 0.1) is 5.69 Å². The summed E-state index contributed by atoms with van der Waals surface area (Å²) in [6, 6.07) is 5.33. The quantitative estimate of drug-likeness (QED) is 0.615. The first-order valence-corrected chi connectivity index (χ1v) is 9.06. The van der Waals surface area contributed by atoms with Gasteiger partial charge in [0, 0.05) is 22.2 Å². The summed E-state index contributed by atoms with van der Waals surface area (Å²) >= 11 is 6.04. The Morgan fingerprint density at radius 1 is 1.32 bits per heavy atom. The Balaban J connectivity index is 1.72. The Bertz CT molecular complexity index is 1040. The molecular formula is C19H19ClFN3O4. The van der Waals surface area contributed by atoms with E-state index >= 15 is 0 Å². The van der Waals surface area contributed by atoms with Crippen LogP contribution >= 0.6 is 11.6 Å². The van der Waals surface area contributed by atoms with Crippen LogP contribution in [-0.2, 0) is 4.74 Å². The van der Waals surface area contributed by atoms with Crippen molar-refractivity contribution in [1.82, 2.24) is 14.5 Å². The molecule has 0 unspecified atom stereocenters. The lowest BCUT2D eigenvalue weighted by Crippen LogP contribution is -2.47. The summed E-state index contributed by atoms with van der Waals surface area (Å²) in [6.07, 6.45) is -1.89. The zero-order chi connectivity index (χ0) is 20.2. The summed E-state index contributed by atoms with van der Waals surface area (Å²) < 4.78 is 20.8. The molecule has 1 aliphatic rings. The number of benzene rings is 1. The number of ether oxygens (including phenoxy) is 1. The number of fused-ring (bicyclic) bond motifs is 1. The van der Waals surface area contributed by atoms with Crippen molar-refractivity contribution in [2.24, 2.45) is 0 Å². The number of rotatable bonds is 3. The fraction of sp³-hybridized carbons (Fsp3) is 0.368. The van der Waals surface area contributed by atoms with Crippen LogP contribution in [0.1, 0.15) is 30.5 Å². The minimum atomic E-state index is -1.81. The maximum absolute atomic E-state index is 13.3. The minimum absolute atomic E-state index is 0.000352. The lowest BCUT2D eigenvalue weighted by Gasteiger charge is -2.30. The molecule has 0 spiro atoms. The van der Waals surface area contributed by atoms with Gasteiger partial charge >= 0.3 is 0 Å². The standard InChI is InChI=1S/C19H19ClFN3O4/c1-9-11-5-6-24(17(11)23-8-22-9)18-15(26)19(2,27)16(28-18)14(25)12-4-3-10(21)7-13(12)20/h3-8,14-16,18,25-27H,1-2H3/t14-,15+,16-,18-,19+/m1/s1. The second-order valence-electron chi connectivity index (χ2n) is 7.15. The van der Waals surface area contributed by atoms with Gasteiger partial charge in [-0.15, -0.1) is 0 Å². The van der Waals surface area contributed by atoms with E-state index in [2.05, 4.69) is 9.97 Å². The molecule has 3 N–H and O–H groups in total. The van der Waals surface area contributed by atoms with Crippen LogP contribution in [0.5, 0.6) is 0 Å². The van der Waals surface area contributed by atoms with Gasteiger partial charge in [0.2, 0.25) is 0 Å². The van der Waals surface area contributed by atoms with E-state index in [0.717, 1.165) is 23.2 Å². The molecule has 3 heterocycles. The van der Waals surface area contributed by atoms with E-state index in [1.807, 2.05) is 6.92 Å². The summed E-state index contributed by atoms with van der Waals surface area (Å²) in [5.41, 5.74) is -0.322. The largest absolute Gasteiger partial charge is 0.386 e. The third-order valence-electron chi connectivity index (χ3n) is 5.28. The molecule has 1 aliphatic heterocycles. The summed E-state index contributed by atoms with van der Waals surface area (Å²) in [6.45, 7) is 3.20. The van der Waals surface area contributed by atoms with E-state index in [9.17, 15) is 19.7 Å². The maximum atomic E-state index is 13.3. The predicted molar refractivity (Wildman–Crippen MR) is 99.2 cm³/mol. The lowest BCUT2D eigenvalue weighted by molar-refractivity contribution is -0.114. The topological polar surface area (TPSA) is 101 Å². The Hall–Kier alpha value is -2.10. The number of aliphatic hydroxyl groups is 3. The minimum Gasteiger partial charge on any atom is -0.386 e. The van der Waals surface area contributed by atoms with Gasteiger partial charge in [0.15, 0.2) is 6.23 Å². The summed E-state index contributed by atoms with van der Waals surface area (Å²) in [7, 11) is 0. The van der Waals surface area contributed by atoms with Gasteiger partial charge in [0.1, 0.15) is 41.7 Å². The average Bonchev–Trinajstić information content (AvgIpc) is 3.15. The smallest absolute Gasteiger partial charge is 0.164 e. The van der Waals surface area contributed by atoms with Crippen LogP contribution in [-0.4, -0.2) is 47.7 Å². The predicted octanol–water partition coefficient (Wildman–Crippen LogP) is 2.28. The number of nitrogens with zero attached hydrogens (tertiary/aromatic N) is 3. The van der Waals surface area contributed by atoms with Gasteiger partial charge in [-0.3, -0.25) is 0 Å². The molecule has 148 valence electrons. The average molecular weight is 408 g/mol. The zero-order valence-corrected chi connectivity index (χ0v) is 15.9. The SMILES string of the molecule is Cc1ncnc2c1ccn2[C@@H]1O[C@H]([C@H](O)c2ccc(F)cc2Cl)[C@@](C)(O)[C@H]1O. The highest BCUT2D eigenvalue weighted by Gasteiger charge is 2.56. The number of aliphatic hydroxyl groups excluding tert-OH is 2. The second-order valence-corrected chi connectivity index (χ2v) is 7.56. The molecule has 3 aromatic rings. The van der Waals surface area contributed by atoms with E-state index < -0.39 is 36.0 Å². The molecule has 5 atom stereocenters. The molecule has 0 saturated carbocycles. The highest BCUT2D eigenvalue weighted by atomic mass is 35.5. The van der Waals surface area contributed by atoms with Crippen molar-refractivity contribution >= 4 is 22.6 Å². The molecule has 9 heteroatoms. The number of hydrogen-bond acceptors (Lipinski definition) is 6. The molecule has 2 aromatic heterocycles. The monoisotopic (exact) mass is 407 g/mol. The molecule has 0 aliphatic carbocycles. The fourth-order valence-electron chi connectivity index (χ4n) is 3.64. The molecule has 7 nitrogen and oxygen atoms in total. The van der Waals surface area contributed by atoms with E-state index in [1.165, 1.54) is 19.3 Å². The van der Waals surface area contributed by atoms with Crippen molar-refractivity contribution in [3.8, 4) is 0 Å². The fourth-order valence-corrected chi connectivity index (χ4v) is 3.92. The van der Waals surface area contributed by atoms with Crippen LogP contribution in [0.3, 0.4) is 0 Å². The van der Waals surface area contributed by atoms with Crippen molar-refractivity contribution in [3.05, 3.63) is 58.9 Å². The Kier molecular flexibility index (Phi) is 4.64. The molecule has 1 saturated heterocycles. The van der Waals surface area contributed by atoms with Crippen molar-refractivity contribution in [2.75, 3.05) is 0 Å². The Morgan fingerprint density at radius 3 is 2.79 bits per heavy atom. The second kappa shape index (κ2) is 6.75. The van der Waals surface area contributed by atoms with Gasteiger partial charge in [-0.1, -0.05) is 17.7 Å². The highest BCUT2D eigenvalue weighted by molar-refractivity contribution is 6.31. The Morgan fingerprint density at radius 2 is 2.07 bits per heavy atom. The highest BCUT2D eigenvalue weighted by Crippen LogP contribution is 2.44. The van der Waals surface area contributed by atoms with E-state index in [-0.39, 0.29) is 10.6 Å². The lowest BCUT2D eigenvalue weighted by atomic mass is 9.88. The molecule has 1 fully saturated rings. The van der Waals surface area contributed by atoms with Crippen LogP contribution in [0.2, 0.25) is 5.02 Å². The summed E-state index contributed by atoms with van der Waals surface area (Å²) in [4.78, 5) is 8.37. The number of aryl methyl sites for hydroxylation is 1. The third kappa shape index (κ3) is 2.89. The first-order chi connectivity index (χ1) is 13.2. The van der Waals surface area contributed by atoms with Crippen molar-refractivity contribution in [1.29, 1.82) is 0 Å². The van der Waals surface area contributed by atoms with Crippen LogP contribution in [0.4, 0.5) is 4.39 Å². The molecule has 28 heavy (non-hydrogen) atoms. The van der Waals surface area contributed by atoms with Gasteiger partial charge < -0.3 is 24.6 Å². The Labute approximate surface area is 165 Å². The number of hydrogen-bond donors (Lipinski definition) is 3. The van der Waals surface area contributed by atoms with E-state index in [4.69, 9.17) is 16.3 Å². The van der Waals surface area contributed by atoms with Crippen molar-refractivity contribution < 1.29 is 24.4 Å². The summed E-state index contributed by atoms with van der Waals surface area (Å²) in [5.74, 6) is -0.549. The number of aromatic nitrogens is 3. The molecule has 4 rings (SSSR count). The molecule has 0 radical (unpaired) electrons. The molecule has 1 aromatic carbocycles. The molecule has 0 amide bonds. The first kappa shape index (κ1) is 19.2. The van der Waals surface area contributed by atoms with E-state index in [0.29, 0.717) is 5.65 Å². The number of halogens is 2. The summed E-state index contributed by atoms with van der Waals surface area (Å²) in [5, 5.41) is 33.2. The normalized spacial score (nSPS) is 28.8. The van der Waals surface area contributed by atoms with Crippen LogP contribution in [0.25, 0.3) is 11.0 Å². The van der Waals surface area contributed by atoms with Crippen LogP contribution < -0.4 is 0 Å². The third-order valence-corrected chi connectivity index (χ3v) is 5.61. The van der Waals surface area contributed by atoms with Gasteiger partial charge in [-0.25, -0.2) is 14.4 Å². The van der Waals surface area contributed by atoms with E-state index in [1.54, 1.807) is 16.8 Å². The van der Waals surface area contributed by atoms with Gasteiger partial charge in [0.25, 0.3) is 0 Å². The molecular weight excluding hydrogens is 389 g/mol. The van der Waals surface area contributed by atoms with Gasteiger partial charge in [-0.05, 0) is 32.0 Å². The van der Waals surface area contributed by atoms with Crippen LogP contribution in [0, 0.1) is 12.7 Å². The molecule has 0 bridgehead atoms. The first-order valence-electron chi connectivity index (χ1n) is 8.69. The van der Waals surface area contributed by atoms with Crippen LogP contribution in [0.15, 0.2) is 36.8 Å². The zero-order valence-electron chi connectivity index (χ0n) is 15.1. The maximum Gasteiger partial charge on any atom is 0.164 e. The van der Waals surface area contributed by atoms with Crippen molar-refractivity contribution in [2.45, 2.75) is 44.0 Å².